The second-order valence-electron chi connectivity index (χ2n) is 4.98. The van der Waals surface area contributed by atoms with E-state index in [-0.39, 0.29) is 5.82 Å². The Hall–Kier alpha value is -3.13. The SMILES string of the molecule is Cc1ccc(-c2nc(N)c(C#N)c(-c3cccnc3)c2C)o1. The van der Waals surface area contributed by atoms with Crippen molar-refractivity contribution in [3.63, 3.8) is 0 Å². The Labute approximate surface area is 128 Å². The standard InChI is InChI=1S/C17H14N4O/c1-10-5-6-14(22-10)16-11(2)15(12-4-3-7-20-9-12)13(8-18)17(19)21-16/h3-7,9H,1-2H3,(H2,19,21). The van der Waals surface area contributed by atoms with Gasteiger partial charge in [-0.1, -0.05) is 6.07 Å². The molecule has 3 aromatic heterocycles. The highest BCUT2D eigenvalue weighted by Crippen LogP contribution is 2.35. The molecule has 2 N–H and O–H groups in total. The lowest BCUT2D eigenvalue weighted by Crippen LogP contribution is -2.03. The summed E-state index contributed by atoms with van der Waals surface area (Å²) in [6, 6.07) is 9.58. The molecule has 0 atom stereocenters. The van der Waals surface area contributed by atoms with E-state index in [1.807, 2.05) is 38.1 Å². The van der Waals surface area contributed by atoms with Gasteiger partial charge in [0.25, 0.3) is 0 Å². The van der Waals surface area contributed by atoms with E-state index in [9.17, 15) is 5.26 Å². The monoisotopic (exact) mass is 290 g/mol. The average molecular weight is 290 g/mol. The molecule has 108 valence electrons. The molecule has 3 aromatic rings. The van der Waals surface area contributed by atoms with Crippen LogP contribution in [-0.4, -0.2) is 9.97 Å². The lowest BCUT2D eigenvalue weighted by atomic mass is 9.95. The van der Waals surface area contributed by atoms with Crippen molar-refractivity contribution < 1.29 is 4.42 Å². The number of nitrogens with zero attached hydrogens (tertiary/aromatic N) is 3. The molecular weight excluding hydrogens is 276 g/mol. The molecular formula is C17H14N4O. The zero-order valence-corrected chi connectivity index (χ0v) is 12.3. The van der Waals surface area contributed by atoms with Crippen molar-refractivity contribution in [2.45, 2.75) is 13.8 Å². The zero-order chi connectivity index (χ0) is 15.7. The molecule has 0 aliphatic heterocycles. The van der Waals surface area contributed by atoms with Crippen LogP contribution >= 0.6 is 0 Å². The molecule has 0 amide bonds. The van der Waals surface area contributed by atoms with E-state index in [2.05, 4.69) is 16.0 Å². The molecule has 3 heterocycles. The Kier molecular flexibility index (Phi) is 3.36. The Bertz CT molecular complexity index is 876. The fourth-order valence-electron chi connectivity index (χ4n) is 2.48. The summed E-state index contributed by atoms with van der Waals surface area (Å²) < 4.78 is 5.65. The molecule has 0 fully saturated rings. The van der Waals surface area contributed by atoms with E-state index in [1.54, 1.807) is 12.4 Å². The van der Waals surface area contributed by atoms with E-state index in [1.165, 1.54) is 0 Å². The van der Waals surface area contributed by atoms with Crippen LogP contribution in [0.2, 0.25) is 0 Å². The first kappa shape index (κ1) is 13.8. The molecule has 0 saturated heterocycles. The van der Waals surface area contributed by atoms with Crippen LogP contribution in [0.3, 0.4) is 0 Å². The summed E-state index contributed by atoms with van der Waals surface area (Å²) in [5.74, 6) is 1.62. The Morgan fingerprint density at radius 2 is 2.05 bits per heavy atom. The Morgan fingerprint density at radius 1 is 1.23 bits per heavy atom. The largest absolute Gasteiger partial charge is 0.460 e. The number of nitrogen functional groups attached to an aromatic ring is 1. The summed E-state index contributed by atoms with van der Waals surface area (Å²) >= 11 is 0. The van der Waals surface area contributed by atoms with Crippen molar-refractivity contribution in [1.29, 1.82) is 5.26 Å². The summed E-state index contributed by atoms with van der Waals surface area (Å²) in [6.07, 6.45) is 3.39. The normalized spacial score (nSPS) is 10.4. The topological polar surface area (TPSA) is 88.7 Å². The number of hydrogen-bond acceptors (Lipinski definition) is 5. The van der Waals surface area contributed by atoms with Crippen molar-refractivity contribution in [1.82, 2.24) is 9.97 Å². The molecule has 0 spiro atoms. The van der Waals surface area contributed by atoms with Crippen molar-refractivity contribution in [3.8, 4) is 28.7 Å². The number of furan rings is 1. The third-order valence-electron chi connectivity index (χ3n) is 3.50. The molecule has 22 heavy (non-hydrogen) atoms. The molecule has 3 rings (SSSR count). The number of nitriles is 1. The van der Waals surface area contributed by atoms with Gasteiger partial charge in [0, 0.05) is 23.5 Å². The Morgan fingerprint density at radius 3 is 2.64 bits per heavy atom. The van der Waals surface area contributed by atoms with Crippen molar-refractivity contribution in [3.05, 3.63) is 53.5 Å². The zero-order valence-electron chi connectivity index (χ0n) is 12.3. The molecule has 0 unspecified atom stereocenters. The number of hydrogen-bond donors (Lipinski definition) is 1. The van der Waals surface area contributed by atoms with Gasteiger partial charge in [-0.15, -0.1) is 0 Å². The number of aryl methyl sites for hydroxylation is 1. The molecule has 0 aliphatic rings. The van der Waals surface area contributed by atoms with Crippen LogP contribution < -0.4 is 5.73 Å². The maximum absolute atomic E-state index is 9.44. The molecule has 0 aromatic carbocycles. The van der Waals surface area contributed by atoms with Gasteiger partial charge in [0.2, 0.25) is 0 Å². The van der Waals surface area contributed by atoms with Gasteiger partial charge in [-0.2, -0.15) is 5.26 Å². The Balaban J connectivity index is 2.33. The first-order valence-corrected chi connectivity index (χ1v) is 6.79. The summed E-state index contributed by atoms with van der Waals surface area (Å²) in [5.41, 5.74) is 9.40. The lowest BCUT2D eigenvalue weighted by Gasteiger charge is -2.13. The summed E-state index contributed by atoms with van der Waals surface area (Å²) in [5, 5.41) is 9.44. The predicted molar refractivity (Wildman–Crippen MR) is 83.8 cm³/mol. The summed E-state index contributed by atoms with van der Waals surface area (Å²) in [7, 11) is 0. The third-order valence-corrected chi connectivity index (χ3v) is 3.50. The number of anilines is 1. The van der Waals surface area contributed by atoms with E-state index in [4.69, 9.17) is 10.2 Å². The van der Waals surface area contributed by atoms with E-state index in [0.717, 1.165) is 22.5 Å². The third kappa shape index (κ3) is 2.21. The highest BCUT2D eigenvalue weighted by molar-refractivity contribution is 5.82. The molecule has 0 radical (unpaired) electrons. The molecule has 0 bridgehead atoms. The van der Waals surface area contributed by atoms with Crippen LogP contribution in [0.5, 0.6) is 0 Å². The van der Waals surface area contributed by atoms with Gasteiger partial charge >= 0.3 is 0 Å². The van der Waals surface area contributed by atoms with Gasteiger partial charge in [0.1, 0.15) is 28.9 Å². The minimum Gasteiger partial charge on any atom is -0.460 e. The first-order chi connectivity index (χ1) is 10.6. The fourth-order valence-corrected chi connectivity index (χ4v) is 2.48. The number of pyridine rings is 2. The van der Waals surface area contributed by atoms with E-state index < -0.39 is 0 Å². The van der Waals surface area contributed by atoms with Gasteiger partial charge in [-0.25, -0.2) is 4.98 Å². The minimum absolute atomic E-state index is 0.191. The van der Waals surface area contributed by atoms with E-state index >= 15 is 0 Å². The van der Waals surface area contributed by atoms with Crippen LogP contribution in [0.4, 0.5) is 5.82 Å². The number of rotatable bonds is 2. The van der Waals surface area contributed by atoms with Crippen LogP contribution in [0.1, 0.15) is 16.9 Å². The second kappa shape index (κ2) is 5.34. The van der Waals surface area contributed by atoms with Crippen molar-refractivity contribution in [2.75, 3.05) is 5.73 Å². The molecule has 5 heteroatoms. The highest BCUT2D eigenvalue weighted by atomic mass is 16.3. The van der Waals surface area contributed by atoms with Crippen LogP contribution in [-0.2, 0) is 0 Å². The molecule has 0 saturated carbocycles. The minimum atomic E-state index is 0.191. The summed E-state index contributed by atoms with van der Waals surface area (Å²) in [4.78, 5) is 8.47. The smallest absolute Gasteiger partial charge is 0.153 e. The van der Waals surface area contributed by atoms with Crippen molar-refractivity contribution in [2.24, 2.45) is 0 Å². The number of nitrogens with two attached hydrogens (primary N) is 1. The molecule has 0 aliphatic carbocycles. The van der Waals surface area contributed by atoms with Gasteiger partial charge < -0.3 is 10.2 Å². The maximum atomic E-state index is 9.44. The van der Waals surface area contributed by atoms with Gasteiger partial charge in [-0.05, 0) is 37.6 Å². The maximum Gasteiger partial charge on any atom is 0.153 e. The first-order valence-electron chi connectivity index (χ1n) is 6.79. The second-order valence-corrected chi connectivity index (χ2v) is 4.98. The average Bonchev–Trinajstić information content (AvgIpc) is 2.96. The quantitative estimate of drug-likeness (QED) is 0.780. The van der Waals surface area contributed by atoms with Gasteiger partial charge in [0.15, 0.2) is 5.76 Å². The van der Waals surface area contributed by atoms with Crippen molar-refractivity contribution >= 4 is 5.82 Å². The number of aromatic nitrogens is 2. The van der Waals surface area contributed by atoms with Crippen LogP contribution in [0, 0.1) is 25.2 Å². The highest BCUT2D eigenvalue weighted by Gasteiger charge is 2.19. The van der Waals surface area contributed by atoms with Gasteiger partial charge in [0.05, 0.1) is 0 Å². The lowest BCUT2D eigenvalue weighted by molar-refractivity contribution is 0.546. The van der Waals surface area contributed by atoms with Crippen LogP contribution in [0.25, 0.3) is 22.6 Å². The van der Waals surface area contributed by atoms with Crippen LogP contribution in [0.15, 0.2) is 41.1 Å². The predicted octanol–water partition coefficient (Wildman–Crippen LogP) is 3.47. The fraction of sp³-hybridized carbons (Fsp3) is 0.118. The summed E-state index contributed by atoms with van der Waals surface area (Å²) in [6.45, 7) is 3.77. The van der Waals surface area contributed by atoms with E-state index in [0.29, 0.717) is 17.0 Å². The molecule has 5 nitrogen and oxygen atoms in total. The van der Waals surface area contributed by atoms with Gasteiger partial charge in [-0.3, -0.25) is 4.98 Å².